The highest BCUT2D eigenvalue weighted by atomic mass is 19.3. The molecule has 0 fully saturated rings. The molecular formula is C20H22F2N2O4. The molecule has 0 heterocycles. The first kappa shape index (κ1) is 21.1. The van der Waals surface area contributed by atoms with Gasteiger partial charge in [-0.3, -0.25) is 9.59 Å². The van der Waals surface area contributed by atoms with Crippen LogP contribution in [0.25, 0.3) is 0 Å². The van der Waals surface area contributed by atoms with Crippen molar-refractivity contribution in [1.29, 1.82) is 0 Å². The number of benzene rings is 2. The van der Waals surface area contributed by atoms with E-state index in [-0.39, 0.29) is 41.3 Å². The topological polar surface area (TPSA) is 76.7 Å². The van der Waals surface area contributed by atoms with Gasteiger partial charge >= 0.3 is 6.61 Å². The van der Waals surface area contributed by atoms with Gasteiger partial charge in [0.1, 0.15) is 0 Å². The van der Waals surface area contributed by atoms with Gasteiger partial charge in [-0.25, -0.2) is 0 Å². The van der Waals surface area contributed by atoms with Crippen molar-refractivity contribution in [2.45, 2.75) is 27.0 Å². The lowest BCUT2D eigenvalue weighted by Crippen LogP contribution is -2.23. The van der Waals surface area contributed by atoms with Crippen LogP contribution in [0.15, 0.2) is 42.5 Å². The number of rotatable bonds is 8. The number of hydrogen-bond donors (Lipinski definition) is 2. The highest BCUT2D eigenvalue weighted by Gasteiger charge is 2.14. The second-order valence-corrected chi connectivity index (χ2v) is 6.27. The van der Waals surface area contributed by atoms with E-state index in [2.05, 4.69) is 15.4 Å². The van der Waals surface area contributed by atoms with Gasteiger partial charge in [0.15, 0.2) is 11.5 Å². The number of anilines is 1. The Morgan fingerprint density at radius 1 is 1.04 bits per heavy atom. The number of carbonyl (C=O) groups excluding carboxylic acids is 2. The summed E-state index contributed by atoms with van der Waals surface area (Å²) in [6.07, 6.45) is 0. The third-order valence-electron chi connectivity index (χ3n) is 3.84. The van der Waals surface area contributed by atoms with E-state index in [0.717, 1.165) is 5.56 Å². The van der Waals surface area contributed by atoms with Gasteiger partial charge in [-0.05, 0) is 35.9 Å². The average Bonchev–Trinajstić information content (AvgIpc) is 2.66. The van der Waals surface area contributed by atoms with Crippen molar-refractivity contribution in [3.8, 4) is 11.5 Å². The Morgan fingerprint density at radius 3 is 2.29 bits per heavy atom. The number of hydrogen-bond acceptors (Lipinski definition) is 4. The van der Waals surface area contributed by atoms with Crippen LogP contribution in [0.5, 0.6) is 11.5 Å². The van der Waals surface area contributed by atoms with Gasteiger partial charge in [-0.2, -0.15) is 8.78 Å². The van der Waals surface area contributed by atoms with Crippen LogP contribution in [-0.2, 0) is 11.3 Å². The molecule has 0 spiro atoms. The van der Waals surface area contributed by atoms with Gasteiger partial charge in [-0.15, -0.1) is 0 Å². The van der Waals surface area contributed by atoms with Gasteiger partial charge in [0, 0.05) is 23.7 Å². The van der Waals surface area contributed by atoms with Crippen LogP contribution in [0.3, 0.4) is 0 Å². The molecule has 0 aliphatic carbocycles. The fourth-order valence-corrected chi connectivity index (χ4v) is 2.28. The molecule has 2 rings (SSSR count). The molecule has 2 aromatic carbocycles. The molecule has 0 saturated heterocycles. The van der Waals surface area contributed by atoms with E-state index in [1.54, 1.807) is 38.1 Å². The van der Waals surface area contributed by atoms with Crippen molar-refractivity contribution >= 4 is 17.5 Å². The van der Waals surface area contributed by atoms with Crippen molar-refractivity contribution in [2.75, 3.05) is 12.4 Å². The van der Waals surface area contributed by atoms with Crippen molar-refractivity contribution in [1.82, 2.24) is 5.32 Å². The van der Waals surface area contributed by atoms with Gasteiger partial charge in [-0.1, -0.05) is 26.0 Å². The van der Waals surface area contributed by atoms with Crippen molar-refractivity contribution in [2.24, 2.45) is 5.92 Å². The Labute approximate surface area is 161 Å². The molecule has 0 unspecified atom stereocenters. The summed E-state index contributed by atoms with van der Waals surface area (Å²) < 4.78 is 34.0. The minimum Gasteiger partial charge on any atom is -0.493 e. The predicted octanol–water partition coefficient (Wildman–Crippen LogP) is 3.82. The number of halogens is 2. The lowest BCUT2D eigenvalue weighted by Gasteiger charge is -2.12. The van der Waals surface area contributed by atoms with Crippen LogP contribution in [0.2, 0.25) is 0 Å². The highest BCUT2D eigenvalue weighted by Crippen LogP contribution is 2.29. The van der Waals surface area contributed by atoms with Crippen molar-refractivity contribution in [3.05, 3.63) is 53.6 Å². The van der Waals surface area contributed by atoms with Crippen LogP contribution < -0.4 is 20.1 Å². The van der Waals surface area contributed by atoms with E-state index in [9.17, 15) is 18.4 Å². The fourth-order valence-electron chi connectivity index (χ4n) is 2.28. The highest BCUT2D eigenvalue weighted by molar-refractivity contribution is 5.95. The molecule has 0 saturated carbocycles. The maximum atomic E-state index is 12.4. The van der Waals surface area contributed by atoms with Gasteiger partial charge < -0.3 is 20.1 Å². The van der Waals surface area contributed by atoms with Crippen LogP contribution in [0.4, 0.5) is 14.5 Å². The van der Waals surface area contributed by atoms with E-state index in [4.69, 9.17) is 4.74 Å². The third-order valence-corrected chi connectivity index (χ3v) is 3.84. The van der Waals surface area contributed by atoms with E-state index in [0.29, 0.717) is 5.69 Å². The molecule has 0 aliphatic rings. The molecule has 0 atom stereocenters. The fraction of sp³-hybridized carbons (Fsp3) is 0.300. The quantitative estimate of drug-likeness (QED) is 0.716. The zero-order valence-electron chi connectivity index (χ0n) is 15.8. The van der Waals surface area contributed by atoms with Gasteiger partial charge in [0.2, 0.25) is 5.91 Å². The normalized spacial score (nSPS) is 10.7. The van der Waals surface area contributed by atoms with E-state index < -0.39 is 6.61 Å². The molecule has 0 bridgehead atoms. The first-order chi connectivity index (χ1) is 13.3. The average molecular weight is 392 g/mol. The Balaban J connectivity index is 1.97. The van der Waals surface area contributed by atoms with Gasteiger partial charge in [0.25, 0.3) is 5.91 Å². The summed E-state index contributed by atoms with van der Waals surface area (Å²) in [5, 5.41) is 5.52. The molecule has 2 N–H and O–H groups in total. The molecule has 8 heteroatoms. The summed E-state index contributed by atoms with van der Waals surface area (Å²) >= 11 is 0. The first-order valence-corrected chi connectivity index (χ1v) is 8.61. The number of ether oxygens (including phenoxy) is 2. The zero-order chi connectivity index (χ0) is 20.7. The van der Waals surface area contributed by atoms with Crippen LogP contribution >= 0.6 is 0 Å². The van der Waals surface area contributed by atoms with E-state index >= 15 is 0 Å². The van der Waals surface area contributed by atoms with E-state index in [1.165, 1.54) is 25.3 Å². The van der Waals surface area contributed by atoms with Crippen molar-refractivity contribution in [3.63, 3.8) is 0 Å². The summed E-state index contributed by atoms with van der Waals surface area (Å²) in [7, 11) is 1.30. The Hall–Kier alpha value is -3.16. The van der Waals surface area contributed by atoms with E-state index in [1.807, 2.05) is 0 Å². The second kappa shape index (κ2) is 9.68. The lowest BCUT2D eigenvalue weighted by atomic mass is 10.1. The first-order valence-electron chi connectivity index (χ1n) is 8.61. The minimum atomic E-state index is -2.98. The number of nitrogens with one attached hydrogen (secondary N) is 2. The Bertz CT molecular complexity index is 823. The Kier molecular flexibility index (Phi) is 7.31. The molecule has 2 amide bonds. The number of alkyl halides is 2. The molecular weight excluding hydrogens is 370 g/mol. The molecule has 0 aliphatic heterocycles. The SMILES string of the molecule is COc1cc(C(=O)NCc2ccc(NC(=O)C(C)C)cc2)ccc1OC(F)F. The summed E-state index contributed by atoms with van der Waals surface area (Å²) in [5.41, 5.74) is 1.76. The summed E-state index contributed by atoms with van der Waals surface area (Å²) in [5.74, 6) is -0.687. The number of amides is 2. The molecule has 150 valence electrons. The van der Waals surface area contributed by atoms with Gasteiger partial charge in [0.05, 0.1) is 7.11 Å². The summed E-state index contributed by atoms with van der Waals surface area (Å²) in [4.78, 5) is 24.0. The maximum absolute atomic E-state index is 12.4. The van der Waals surface area contributed by atoms with Crippen molar-refractivity contribution < 1.29 is 27.8 Å². The number of methoxy groups -OCH3 is 1. The molecule has 0 radical (unpaired) electrons. The summed E-state index contributed by atoms with van der Waals surface area (Å²) in [6.45, 7) is 0.886. The monoisotopic (exact) mass is 392 g/mol. The van der Waals surface area contributed by atoms with Crippen LogP contribution in [-0.4, -0.2) is 25.5 Å². The second-order valence-electron chi connectivity index (χ2n) is 6.27. The standard InChI is InChI=1S/C20H22F2N2O4/c1-12(2)18(25)24-15-7-4-13(5-8-15)11-23-19(26)14-6-9-16(28-20(21)22)17(10-14)27-3/h4-10,12,20H,11H2,1-3H3,(H,23,26)(H,24,25). The summed E-state index contributed by atoms with van der Waals surface area (Å²) in [6, 6.07) is 11.0. The predicted molar refractivity (Wildman–Crippen MR) is 101 cm³/mol. The van der Waals surface area contributed by atoms with Crippen LogP contribution in [0.1, 0.15) is 29.8 Å². The molecule has 2 aromatic rings. The lowest BCUT2D eigenvalue weighted by molar-refractivity contribution is -0.118. The third kappa shape index (κ3) is 5.94. The molecule has 6 nitrogen and oxygen atoms in total. The molecule has 0 aromatic heterocycles. The minimum absolute atomic E-state index is 0.0400. The maximum Gasteiger partial charge on any atom is 0.387 e. The molecule has 28 heavy (non-hydrogen) atoms. The number of carbonyl (C=O) groups is 2. The Morgan fingerprint density at radius 2 is 1.71 bits per heavy atom. The zero-order valence-corrected chi connectivity index (χ0v) is 15.8. The smallest absolute Gasteiger partial charge is 0.387 e. The van der Waals surface area contributed by atoms with Crippen LogP contribution in [0, 0.1) is 5.92 Å². The largest absolute Gasteiger partial charge is 0.493 e.